The Bertz CT molecular complexity index is 129. The van der Waals surface area contributed by atoms with Crippen LogP contribution in [-0.4, -0.2) is 6.29 Å². The number of unbranched alkanes of at least 4 members (excludes halogenated alkanes) is 2. The van der Waals surface area contributed by atoms with Crippen LogP contribution in [0.5, 0.6) is 0 Å². The number of hydrogen-bond donors (Lipinski definition) is 0. The van der Waals surface area contributed by atoms with E-state index in [2.05, 4.69) is 33.5 Å². The van der Waals surface area contributed by atoms with E-state index in [0.29, 0.717) is 6.42 Å². The Labute approximate surface area is 118 Å². The molecule has 7 heteroatoms. The average Bonchev–Trinajstić information content (AvgIpc) is 2.36. The molecule has 0 saturated carbocycles. The molecule has 0 rings (SSSR count). The van der Waals surface area contributed by atoms with Gasteiger partial charge in [0.2, 0.25) is 0 Å². The van der Waals surface area contributed by atoms with Crippen LogP contribution in [0.2, 0.25) is 0 Å². The minimum atomic E-state index is 0. The monoisotopic (exact) mass is 260 g/mol. The maximum absolute atomic E-state index is 9.44. The van der Waals surface area contributed by atoms with Gasteiger partial charge in [-0.3, -0.25) is 6.29 Å². The molecule has 0 aliphatic heterocycles. The van der Waals surface area contributed by atoms with Gasteiger partial charge >= 0.3 is 64.1 Å². The summed E-state index contributed by atoms with van der Waals surface area (Å²) in [6.45, 7) is 20.1. The van der Waals surface area contributed by atoms with Gasteiger partial charge in [0.1, 0.15) is 0 Å². The van der Waals surface area contributed by atoms with Gasteiger partial charge in [-0.1, -0.05) is 19.8 Å². The molecule has 0 aromatic rings. The Morgan fingerprint density at radius 2 is 1.19 bits per heavy atom. The third kappa shape index (κ3) is 296. The quantitative estimate of drug-likeness (QED) is 0.253. The number of carbonyl (C=O) groups excluding carboxylic acids is 1. The van der Waals surface area contributed by atoms with Crippen molar-refractivity contribution in [1.82, 2.24) is 0 Å². The van der Waals surface area contributed by atoms with Crippen molar-refractivity contribution in [3.05, 3.63) is 26.6 Å². The van der Waals surface area contributed by atoms with Gasteiger partial charge in [0.15, 0.2) is 0 Å². The predicted octanol–water partition coefficient (Wildman–Crippen LogP) is -1.86. The Morgan fingerprint density at radius 1 is 0.938 bits per heavy atom. The van der Waals surface area contributed by atoms with Crippen molar-refractivity contribution < 1.29 is 59.3 Å². The zero-order chi connectivity index (χ0) is 12.8. The van der Waals surface area contributed by atoms with Crippen molar-refractivity contribution >= 4 is 6.29 Å². The SMILES string of the molecule is CCCC[C-]=O.[C-]#[O+].[C-]#[O+].[C-]#[O+].[C-]#[O+].[Fe].[Li+]. The molecule has 0 unspecified atom stereocenters. The molecule has 5 nitrogen and oxygen atoms in total. The van der Waals surface area contributed by atoms with E-state index < -0.39 is 0 Å². The van der Waals surface area contributed by atoms with E-state index in [1.807, 2.05) is 6.29 Å². The molecule has 0 heterocycles. The van der Waals surface area contributed by atoms with E-state index in [4.69, 9.17) is 18.6 Å². The summed E-state index contributed by atoms with van der Waals surface area (Å²) < 4.78 is 30.0. The Morgan fingerprint density at radius 3 is 1.25 bits per heavy atom. The zero-order valence-corrected chi connectivity index (χ0v) is 10.1. The van der Waals surface area contributed by atoms with Crippen LogP contribution in [0.3, 0.4) is 0 Å². The van der Waals surface area contributed by atoms with E-state index in [0.717, 1.165) is 12.8 Å². The smallest absolute Gasteiger partial charge is 0 e. The molecule has 0 N–H and O–H groups in total. The van der Waals surface area contributed by atoms with Gasteiger partial charge in [-0.15, -0.1) is 0 Å². The van der Waals surface area contributed by atoms with Gasteiger partial charge in [0, 0.05) is 17.1 Å². The van der Waals surface area contributed by atoms with Gasteiger partial charge in [-0.05, 0) is 0 Å². The summed E-state index contributed by atoms with van der Waals surface area (Å²) in [5.74, 6) is 0. The first-order valence-corrected chi connectivity index (χ1v) is 3.08. The van der Waals surface area contributed by atoms with Crippen molar-refractivity contribution in [3.63, 3.8) is 0 Å². The van der Waals surface area contributed by atoms with E-state index >= 15 is 0 Å². The molecule has 0 aliphatic carbocycles. The minimum absolute atomic E-state index is 0. The van der Waals surface area contributed by atoms with Crippen molar-refractivity contribution in [1.29, 1.82) is 0 Å². The molecule has 16 heavy (non-hydrogen) atoms. The van der Waals surface area contributed by atoms with Crippen LogP contribution in [0.25, 0.3) is 0 Å². The Hall–Kier alpha value is -0.253. The maximum atomic E-state index is 9.44. The summed E-state index contributed by atoms with van der Waals surface area (Å²) in [6, 6.07) is 0. The molecular weight excluding hydrogens is 251 g/mol. The largest absolute Gasteiger partial charge is 1.00 e. The molecule has 84 valence electrons. The molecule has 0 aliphatic rings. The van der Waals surface area contributed by atoms with Gasteiger partial charge in [-0.2, -0.15) is 6.42 Å². The van der Waals surface area contributed by atoms with Crippen LogP contribution in [0, 0.1) is 26.6 Å². The Kier molecular flexibility index (Phi) is 555. The van der Waals surface area contributed by atoms with Crippen molar-refractivity contribution in [3.8, 4) is 0 Å². The minimum Gasteiger partial charge on any atom is 0 e. The standard InChI is InChI=1S/C5H9O.4CO.Fe.Li/c1-2-3-4-5-6;4*1-2;;/h2-4H2,1H3;;;;;;/q-1;;;;;;+1. The second kappa shape index (κ2) is 199. The van der Waals surface area contributed by atoms with Crippen LogP contribution in [-0.2, 0) is 40.5 Å². The molecule has 0 bridgehead atoms. The molecular formula is C9H9FeLiO5. The van der Waals surface area contributed by atoms with E-state index in [-0.39, 0.29) is 35.9 Å². The first kappa shape index (κ1) is 44.8. The van der Waals surface area contributed by atoms with E-state index in [1.54, 1.807) is 0 Å². The van der Waals surface area contributed by atoms with Crippen LogP contribution in [0.4, 0.5) is 0 Å². The molecule has 0 aromatic carbocycles. The first-order chi connectivity index (χ1) is 6.91. The van der Waals surface area contributed by atoms with Crippen LogP contribution in [0.15, 0.2) is 0 Å². The van der Waals surface area contributed by atoms with E-state index in [1.165, 1.54) is 0 Å². The molecule has 0 atom stereocenters. The fourth-order valence-corrected chi connectivity index (χ4v) is 0.249. The summed E-state index contributed by atoms with van der Waals surface area (Å²) in [4.78, 5) is 9.44. The first-order valence-electron chi connectivity index (χ1n) is 3.08. The summed E-state index contributed by atoms with van der Waals surface area (Å²) in [7, 11) is 0. The third-order valence-corrected chi connectivity index (χ3v) is 0.632. The van der Waals surface area contributed by atoms with Crippen LogP contribution >= 0.6 is 0 Å². The fraction of sp³-hybridized carbons (Fsp3) is 0.444. The third-order valence-electron chi connectivity index (χ3n) is 0.632. The topological polar surface area (TPSA) is 96.7 Å². The maximum Gasteiger partial charge on any atom is 1.00 e. The van der Waals surface area contributed by atoms with Gasteiger partial charge in [0.05, 0.1) is 0 Å². The zero-order valence-electron chi connectivity index (χ0n) is 9.02. The van der Waals surface area contributed by atoms with Crippen molar-refractivity contribution in [2.45, 2.75) is 26.2 Å². The van der Waals surface area contributed by atoms with Crippen LogP contribution in [0.1, 0.15) is 26.2 Å². The Balaban J connectivity index is -0.0000000141. The number of rotatable bonds is 3. The van der Waals surface area contributed by atoms with Gasteiger partial charge in [-0.25, -0.2) is 0 Å². The number of hydrogen-bond acceptors (Lipinski definition) is 1. The van der Waals surface area contributed by atoms with E-state index in [9.17, 15) is 4.79 Å². The molecule has 0 radical (unpaired) electrons. The van der Waals surface area contributed by atoms with Crippen LogP contribution < -0.4 is 18.9 Å². The predicted molar refractivity (Wildman–Crippen MR) is 40.9 cm³/mol. The molecule has 0 saturated heterocycles. The molecule has 0 spiro atoms. The fourth-order valence-electron chi connectivity index (χ4n) is 0.249. The van der Waals surface area contributed by atoms with Gasteiger partial charge < -0.3 is 4.79 Å². The van der Waals surface area contributed by atoms with Gasteiger partial charge in [0.25, 0.3) is 0 Å². The average molecular weight is 260 g/mol. The van der Waals surface area contributed by atoms with Crippen molar-refractivity contribution in [2.24, 2.45) is 0 Å². The summed E-state index contributed by atoms with van der Waals surface area (Å²) >= 11 is 0. The second-order valence-electron chi connectivity index (χ2n) is 1.25. The molecule has 0 aromatic heterocycles. The molecule has 0 amide bonds. The molecule has 0 fully saturated rings. The second-order valence-corrected chi connectivity index (χ2v) is 1.25. The summed E-state index contributed by atoms with van der Waals surface area (Å²) in [5, 5.41) is 0. The summed E-state index contributed by atoms with van der Waals surface area (Å²) in [6.07, 6.45) is 4.51. The normalized spacial score (nSPS) is 3.56. The summed E-state index contributed by atoms with van der Waals surface area (Å²) in [5.41, 5.74) is 0. The van der Waals surface area contributed by atoms with Crippen molar-refractivity contribution in [2.75, 3.05) is 0 Å².